The molecule has 1 fully saturated rings. The van der Waals surface area contributed by atoms with Gasteiger partial charge in [0.25, 0.3) is 0 Å². The minimum Gasteiger partial charge on any atom is -0.477 e. The fraction of sp³-hybridized carbons (Fsp3) is 0.300. The largest absolute Gasteiger partial charge is 0.477 e. The number of rotatable bonds is 3. The van der Waals surface area contributed by atoms with Crippen LogP contribution in [-0.2, 0) is 13.0 Å². The number of nitrogens with two attached hydrogens (primary N) is 1. The van der Waals surface area contributed by atoms with E-state index in [9.17, 15) is 14.7 Å². The van der Waals surface area contributed by atoms with Gasteiger partial charge in [-0.25, -0.2) is 13.6 Å². The van der Waals surface area contributed by atoms with Crippen LogP contribution in [0.5, 0.6) is 0 Å². The van der Waals surface area contributed by atoms with E-state index >= 15 is 8.78 Å². The number of nitrogen functional groups attached to an aromatic ring is 1. The first-order valence-electron chi connectivity index (χ1n) is 9.27. The molecule has 0 saturated heterocycles. The maximum absolute atomic E-state index is 15.7. The molecule has 0 atom stereocenters. The molecule has 0 bridgehead atoms. The Morgan fingerprint density at radius 3 is 2.72 bits per heavy atom. The number of benzene rings is 1. The summed E-state index contributed by atoms with van der Waals surface area (Å²) in [7, 11) is 0. The minimum atomic E-state index is -1.45. The summed E-state index contributed by atoms with van der Waals surface area (Å²) >= 11 is 1.62. The van der Waals surface area contributed by atoms with Gasteiger partial charge in [-0.3, -0.25) is 4.79 Å². The molecule has 0 unspecified atom stereocenters. The Labute approximate surface area is 167 Å². The molecule has 2 aliphatic rings. The fourth-order valence-corrected chi connectivity index (χ4v) is 4.95. The fourth-order valence-electron chi connectivity index (χ4n) is 4.06. The van der Waals surface area contributed by atoms with Crippen LogP contribution in [0.3, 0.4) is 0 Å². The van der Waals surface area contributed by atoms with Gasteiger partial charge in [-0.1, -0.05) is 0 Å². The molecular formula is C20H17F2N3O3S. The topological polar surface area (TPSA) is 88.6 Å². The third kappa shape index (κ3) is 2.64. The van der Waals surface area contributed by atoms with Gasteiger partial charge in [-0.05, 0) is 36.3 Å². The molecule has 0 radical (unpaired) electrons. The lowest BCUT2D eigenvalue weighted by atomic mass is 10.0. The van der Waals surface area contributed by atoms with Crippen LogP contribution in [0.1, 0.15) is 39.7 Å². The molecule has 2 aromatic heterocycles. The molecule has 3 aromatic rings. The SMILES string of the molecule is Nc1c(F)c(N2CCc3sccc3C2)c(F)c2c1c(=O)c(C(=O)O)cn2C1CC1. The smallest absolute Gasteiger partial charge is 0.341 e. The summed E-state index contributed by atoms with van der Waals surface area (Å²) in [4.78, 5) is 27.0. The molecule has 6 nitrogen and oxygen atoms in total. The van der Waals surface area contributed by atoms with Gasteiger partial charge in [-0.15, -0.1) is 11.3 Å². The van der Waals surface area contributed by atoms with Crippen LogP contribution >= 0.6 is 11.3 Å². The highest BCUT2D eigenvalue weighted by atomic mass is 32.1. The predicted molar refractivity (Wildman–Crippen MR) is 107 cm³/mol. The highest BCUT2D eigenvalue weighted by Crippen LogP contribution is 2.42. The standard InChI is InChI=1S/C20H17F2N3O3S/c21-14-16(23)13-17(25(10-1-2-10)8-11(19(13)26)20(27)28)15(22)18(14)24-5-3-12-9(7-24)4-6-29-12/h4,6,8,10H,1-3,5,7,23H2,(H,27,28). The number of pyridine rings is 1. The third-order valence-corrected chi connectivity index (χ3v) is 6.68. The van der Waals surface area contributed by atoms with Crippen molar-refractivity contribution in [2.45, 2.75) is 31.8 Å². The molecule has 150 valence electrons. The molecule has 9 heteroatoms. The van der Waals surface area contributed by atoms with Gasteiger partial charge >= 0.3 is 5.97 Å². The lowest BCUT2D eigenvalue weighted by Crippen LogP contribution is -2.32. The van der Waals surface area contributed by atoms with Crippen LogP contribution in [0.15, 0.2) is 22.4 Å². The van der Waals surface area contributed by atoms with E-state index in [1.807, 2.05) is 11.4 Å². The molecule has 5 rings (SSSR count). The normalized spacial score (nSPS) is 16.3. The van der Waals surface area contributed by atoms with Gasteiger partial charge in [0, 0.05) is 30.2 Å². The van der Waals surface area contributed by atoms with Crippen molar-refractivity contribution in [3.8, 4) is 0 Å². The highest BCUT2D eigenvalue weighted by Gasteiger charge is 2.33. The summed E-state index contributed by atoms with van der Waals surface area (Å²) in [5, 5.41) is 10.9. The Morgan fingerprint density at radius 1 is 1.28 bits per heavy atom. The Kier molecular flexibility index (Phi) is 3.92. The van der Waals surface area contributed by atoms with E-state index in [0.717, 1.165) is 24.6 Å². The number of hydrogen-bond acceptors (Lipinski definition) is 5. The Balaban J connectivity index is 1.80. The number of hydrogen-bond donors (Lipinski definition) is 2. The van der Waals surface area contributed by atoms with E-state index in [1.165, 1.54) is 9.44 Å². The van der Waals surface area contributed by atoms with Gasteiger partial charge in [0.05, 0.1) is 16.6 Å². The second-order valence-corrected chi connectivity index (χ2v) is 8.47. The Bertz CT molecular complexity index is 1250. The summed E-state index contributed by atoms with van der Waals surface area (Å²) in [6.07, 6.45) is 3.27. The van der Waals surface area contributed by atoms with E-state index in [0.29, 0.717) is 19.5 Å². The number of carboxylic acids is 1. The average molecular weight is 417 g/mol. The molecule has 0 spiro atoms. The third-order valence-electron chi connectivity index (χ3n) is 5.66. The first-order valence-corrected chi connectivity index (χ1v) is 10.1. The number of fused-ring (bicyclic) bond motifs is 2. The lowest BCUT2D eigenvalue weighted by Gasteiger charge is -2.30. The molecule has 1 aliphatic carbocycles. The summed E-state index contributed by atoms with van der Waals surface area (Å²) in [5.41, 5.74) is 4.58. The van der Waals surface area contributed by atoms with E-state index in [-0.39, 0.29) is 17.2 Å². The predicted octanol–water partition coefficient (Wildman–Crippen LogP) is 3.52. The van der Waals surface area contributed by atoms with Crippen LogP contribution in [0.4, 0.5) is 20.2 Å². The van der Waals surface area contributed by atoms with Crippen molar-refractivity contribution in [1.29, 1.82) is 0 Å². The van der Waals surface area contributed by atoms with Crippen LogP contribution < -0.4 is 16.1 Å². The summed E-state index contributed by atoms with van der Waals surface area (Å²) in [6.45, 7) is 0.770. The first kappa shape index (κ1) is 18.1. The van der Waals surface area contributed by atoms with E-state index in [1.54, 1.807) is 16.2 Å². The van der Waals surface area contributed by atoms with Crippen LogP contribution in [0.25, 0.3) is 10.9 Å². The number of halogens is 2. The zero-order chi connectivity index (χ0) is 20.4. The second-order valence-electron chi connectivity index (χ2n) is 7.47. The summed E-state index contributed by atoms with van der Waals surface area (Å²) in [5.74, 6) is -3.33. The monoisotopic (exact) mass is 417 g/mol. The van der Waals surface area contributed by atoms with Crippen LogP contribution in [-0.4, -0.2) is 22.2 Å². The number of carbonyl (C=O) groups is 1. The number of thiophene rings is 1. The highest BCUT2D eigenvalue weighted by molar-refractivity contribution is 7.10. The molecule has 29 heavy (non-hydrogen) atoms. The maximum Gasteiger partial charge on any atom is 0.341 e. The van der Waals surface area contributed by atoms with Crippen molar-refractivity contribution < 1.29 is 18.7 Å². The molecule has 1 aromatic carbocycles. The number of nitrogens with zero attached hydrogens (tertiary/aromatic N) is 2. The van der Waals surface area contributed by atoms with Gasteiger partial charge in [-0.2, -0.15) is 0 Å². The molecular weight excluding hydrogens is 400 g/mol. The van der Waals surface area contributed by atoms with E-state index in [4.69, 9.17) is 5.73 Å². The number of anilines is 2. The van der Waals surface area contributed by atoms with Gasteiger partial charge < -0.3 is 20.3 Å². The van der Waals surface area contributed by atoms with Crippen LogP contribution in [0.2, 0.25) is 0 Å². The average Bonchev–Trinajstić information content (AvgIpc) is 3.42. The maximum atomic E-state index is 15.7. The molecule has 1 saturated carbocycles. The van der Waals surface area contributed by atoms with Crippen molar-refractivity contribution in [1.82, 2.24) is 4.57 Å². The van der Waals surface area contributed by atoms with Crippen molar-refractivity contribution in [2.75, 3.05) is 17.2 Å². The van der Waals surface area contributed by atoms with Crippen molar-refractivity contribution >= 4 is 39.6 Å². The van der Waals surface area contributed by atoms with Crippen molar-refractivity contribution in [3.63, 3.8) is 0 Å². The van der Waals surface area contributed by atoms with Gasteiger partial charge in [0.2, 0.25) is 5.43 Å². The number of aromatic nitrogens is 1. The quantitative estimate of drug-likeness (QED) is 0.637. The van der Waals surface area contributed by atoms with E-state index in [2.05, 4.69) is 0 Å². The summed E-state index contributed by atoms with van der Waals surface area (Å²) < 4.78 is 32.4. The Hall–Kier alpha value is -2.94. The zero-order valence-corrected chi connectivity index (χ0v) is 16.1. The number of carboxylic acid groups (broad SMARTS) is 1. The van der Waals surface area contributed by atoms with Gasteiger partial charge in [0.1, 0.15) is 11.3 Å². The summed E-state index contributed by atoms with van der Waals surface area (Å²) in [6, 6.07) is 1.80. The first-order chi connectivity index (χ1) is 13.9. The molecule has 3 N–H and O–H groups in total. The lowest BCUT2D eigenvalue weighted by molar-refractivity contribution is 0.0695. The van der Waals surface area contributed by atoms with Gasteiger partial charge in [0.15, 0.2) is 11.6 Å². The van der Waals surface area contributed by atoms with Crippen LogP contribution in [0, 0.1) is 11.6 Å². The van der Waals surface area contributed by atoms with Crippen molar-refractivity contribution in [2.24, 2.45) is 0 Å². The molecule has 0 amide bonds. The Morgan fingerprint density at radius 2 is 2.03 bits per heavy atom. The second kappa shape index (κ2) is 6.28. The molecule has 1 aliphatic heterocycles. The zero-order valence-electron chi connectivity index (χ0n) is 15.2. The minimum absolute atomic E-state index is 0.118. The number of aromatic carboxylic acids is 1. The molecule has 3 heterocycles. The van der Waals surface area contributed by atoms with E-state index < -0.39 is 39.7 Å². The van der Waals surface area contributed by atoms with Crippen molar-refractivity contribution in [3.05, 3.63) is 55.5 Å².